The van der Waals surface area contributed by atoms with Crippen LogP contribution >= 0.6 is 0 Å². The van der Waals surface area contributed by atoms with Gasteiger partial charge in [-0.3, -0.25) is 9.59 Å². The van der Waals surface area contributed by atoms with Crippen LogP contribution in [0, 0.1) is 0 Å². The van der Waals surface area contributed by atoms with E-state index in [1.54, 1.807) is 0 Å². The molecule has 0 aromatic heterocycles. The largest absolute Gasteiger partial charge is 0.469 e. The maximum absolute atomic E-state index is 11.0. The van der Waals surface area contributed by atoms with E-state index in [0.29, 0.717) is 6.54 Å². The second kappa shape index (κ2) is 6.37. The SMILES string of the molecule is COC(=O)CC(CN(C)C)OC(C)=O. The van der Waals surface area contributed by atoms with Gasteiger partial charge in [0.2, 0.25) is 0 Å². The molecule has 0 aliphatic carbocycles. The summed E-state index contributed by atoms with van der Waals surface area (Å²) in [5.74, 6) is -0.765. The second-order valence-electron chi connectivity index (χ2n) is 3.27. The summed E-state index contributed by atoms with van der Waals surface area (Å²) in [6.07, 6.45) is -0.344. The molecule has 0 heterocycles. The van der Waals surface area contributed by atoms with Crippen LogP contribution in [0.2, 0.25) is 0 Å². The lowest BCUT2D eigenvalue weighted by Crippen LogP contribution is -2.32. The van der Waals surface area contributed by atoms with E-state index in [0.717, 1.165) is 0 Å². The number of nitrogens with zero attached hydrogens (tertiary/aromatic N) is 1. The highest BCUT2D eigenvalue weighted by Gasteiger charge is 2.17. The summed E-state index contributed by atoms with van der Waals surface area (Å²) in [6, 6.07) is 0. The topological polar surface area (TPSA) is 55.8 Å². The zero-order chi connectivity index (χ0) is 11.1. The third-order valence-electron chi connectivity index (χ3n) is 1.52. The third-order valence-corrected chi connectivity index (χ3v) is 1.52. The summed E-state index contributed by atoms with van der Waals surface area (Å²) in [6.45, 7) is 1.83. The number of carbonyl (C=O) groups is 2. The lowest BCUT2D eigenvalue weighted by atomic mass is 10.2. The van der Waals surface area contributed by atoms with Gasteiger partial charge in [0.25, 0.3) is 0 Å². The average Bonchev–Trinajstić information content (AvgIpc) is 2.01. The Morgan fingerprint density at radius 2 is 1.93 bits per heavy atom. The van der Waals surface area contributed by atoms with Crippen LogP contribution in [0.3, 0.4) is 0 Å². The molecule has 0 aliphatic heterocycles. The van der Waals surface area contributed by atoms with E-state index in [9.17, 15) is 9.59 Å². The fourth-order valence-electron chi connectivity index (χ4n) is 1.05. The molecule has 0 saturated carbocycles. The summed E-state index contributed by atoms with van der Waals surface area (Å²) < 4.78 is 9.45. The Morgan fingerprint density at radius 1 is 1.36 bits per heavy atom. The summed E-state index contributed by atoms with van der Waals surface area (Å²) >= 11 is 0. The Bertz CT molecular complexity index is 203. The minimum atomic E-state index is -0.435. The fourth-order valence-corrected chi connectivity index (χ4v) is 1.05. The van der Waals surface area contributed by atoms with Gasteiger partial charge in [-0.2, -0.15) is 0 Å². The van der Waals surface area contributed by atoms with Gasteiger partial charge in [0.05, 0.1) is 13.5 Å². The van der Waals surface area contributed by atoms with Crippen molar-refractivity contribution in [1.82, 2.24) is 4.90 Å². The Kier molecular flexibility index (Phi) is 5.87. The summed E-state index contributed by atoms with van der Waals surface area (Å²) in [5.41, 5.74) is 0. The molecule has 5 heteroatoms. The van der Waals surface area contributed by atoms with Gasteiger partial charge in [0.1, 0.15) is 6.10 Å². The quantitative estimate of drug-likeness (QED) is 0.591. The van der Waals surface area contributed by atoms with Crippen molar-refractivity contribution in [3.63, 3.8) is 0 Å². The predicted octanol–water partition coefficient (Wildman–Crippen LogP) is 0.0428. The number of likely N-dealkylation sites (N-methyl/N-ethyl adjacent to an activating group) is 1. The second-order valence-corrected chi connectivity index (χ2v) is 3.27. The van der Waals surface area contributed by atoms with Crippen molar-refractivity contribution < 1.29 is 19.1 Å². The molecule has 5 nitrogen and oxygen atoms in total. The first kappa shape index (κ1) is 12.9. The Labute approximate surface area is 84.0 Å². The highest BCUT2D eigenvalue weighted by Crippen LogP contribution is 2.02. The van der Waals surface area contributed by atoms with Gasteiger partial charge in [-0.05, 0) is 14.1 Å². The van der Waals surface area contributed by atoms with Gasteiger partial charge in [-0.15, -0.1) is 0 Å². The summed E-state index contributed by atoms with van der Waals surface area (Å²) in [7, 11) is 4.99. The zero-order valence-corrected chi connectivity index (χ0v) is 9.07. The van der Waals surface area contributed by atoms with Crippen molar-refractivity contribution in [2.24, 2.45) is 0 Å². The number of esters is 2. The summed E-state index contributed by atoms with van der Waals surface area (Å²) in [4.78, 5) is 23.5. The molecular formula is C9H17NO4. The highest BCUT2D eigenvalue weighted by molar-refractivity contribution is 5.71. The molecule has 0 bridgehead atoms. The first-order chi connectivity index (χ1) is 6.45. The van der Waals surface area contributed by atoms with Crippen LogP contribution < -0.4 is 0 Å². The van der Waals surface area contributed by atoms with Gasteiger partial charge in [-0.25, -0.2) is 0 Å². The molecule has 0 spiro atoms. The minimum absolute atomic E-state index is 0.0915. The molecule has 0 radical (unpaired) electrons. The van der Waals surface area contributed by atoms with Crippen LogP contribution in [0.15, 0.2) is 0 Å². The maximum Gasteiger partial charge on any atom is 0.309 e. The number of methoxy groups -OCH3 is 1. The Hall–Kier alpha value is -1.10. The monoisotopic (exact) mass is 203 g/mol. The molecular weight excluding hydrogens is 186 g/mol. The van der Waals surface area contributed by atoms with Crippen LogP contribution in [0.1, 0.15) is 13.3 Å². The molecule has 0 rings (SSSR count). The summed E-state index contributed by atoms with van der Waals surface area (Å²) in [5, 5.41) is 0. The van der Waals surface area contributed by atoms with E-state index in [1.165, 1.54) is 14.0 Å². The number of hydrogen-bond donors (Lipinski definition) is 0. The van der Waals surface area contributed by atoms with Crippen LogP contribution in [-0.2, 0) is 19.1 Å². The number of rotatable bonds is 5. The first-order valence-corrected chi connectivity index (χ1v) is 4.34. The van der Waals surface area contributed by atoms with Gasteiger partial charge >= 0.3 is 11.9 Å². The maximum atomic E-state index is 11.0. The van der Waals surface area contributed by atoms with Crippen molar-refractivity contribution in [1.29, 1.82) is 0 Å². The molecule has 1 unspecified atom stereocenters. The van der Waals surface area contributed by atoms with Crippen LogP contribution in [0.25, 0.3) is 0 Å². The van der Waals surface area contributed by atoms with Crippen molar-refractivity contribution in [3.8, 4) is 0 Å². The molecule has 0 saturated heterocycles. The molecule has 0 amide bonds. The third kappa shape index (κ3) is 6.42. The lowest BCUT2D eigenvalue weighted by Gasteiger charge is -2.19. The molecule has 0 N–H and O–H groups in total. The van der Waals surface area contributed by atoms with Crippen LogP contribution in [-0.4, -0.2) is 50.7 Å². The van der Waals surface area contributed by atoms with E-state index >= 15 is 0 Å². The molecule has 14 heavy (non-hydrogen) atoms. The fraction of sp³-hybridized carbons (Fsp3) is 0.778. The molecule has 1 atom stereocenters. The van der Waals surface area contributed by atoms with Crippen LogP contribution in [0.4, 0.5) is 0 Å². The number of carbonyl (C=O) groups excluding carboxylic acids is 2. The van der Waals surface area contributed by atoms with Crippen molar-refractivity contribution >= 4 is 11.9 Å². The smallest absolute Gasteiger partial charge is 0.309 e. The highest BCUT2D eigenvalue weighted by atomic mass is 16.6. The minimum Gasteiger partial charge on any atom is -0.469 e. The van der Waals surface area contributed by atoms with E-state index in [2.05, 4.69) is 4.74 Å². The van der Waals surface area contributed by atoms with Gasteiger partial charge in [0.15, 0.2) is 0 Å². The standard InChI is InChI=1S/C9H17NO4/c1-7(11)14-8(6-10(2)3)5-9(12)13-4/h8H,5-6H2,1-4H3. The molecule has 82 valence electrons. The molecule has 0 aliphatic rings. The molecule has 0 aromatic carbocycles. The van der Waals surface area contributed by atoms with Crippen molar-refractivity contribution in [2.75, 3.05) is 27.7 Å². The van der Waals surface area contributed by atoms with Crippen molar-refractivity contribution in [2.45, 2.75) is 19.4 Å². The van der Waals surface area contributed by atoms with E-state index in [4.69, 9.17) is 4.74 Å². The normalized spacial score (nSPS) is 12.4. The molecule has 0 aromatic rings. The zero-order valence-electron chi connectivity index (χ0n) is 9.07. The van der Waals surface area contributed by atoms with Crippen molar-refractivity contribution in [3.05, 3.63) is 0 Å². The number of hydrogen-bond acceptors (Lipinski definition) is 5. The van der Waals surface area contributed by atoms with Gasteiger partial charge < -0.3 is 14.4 Å². The predicted molar refractivity (Wildman–Crippen MR) is 50.7 cm³/mol. The Balaban J connectivity index is 4.09. The van der Waals surface area contributed by atoms with E-state index in [1.807, 2.05) is 19.0 Å². The number of ether oxygens (including phenoxy) is 2. The van der Waals surface area contributed by atoms with E-state index < -0.39 is 6.10 Å². The van der Waals surface area contributed by atoms with Crippen LogP contribution in [0.5, 0.6) is 0 Å². The molecule has 0 fully saturated rings. The first-order valence-electron chi connectivity index (χ1n) is 4.34. The van der Waals surface area contributed by atoms with E-state index in [-0.39, 0.29) is 18.4 Å². The average molecular weight is 203 g/mol. The Morgan fingerprint density at radius 3 is 2.29 bits per heavy atom. The van der Waals surface area contributed by atoms with Gasteiger partial charge in [-0.1, -0.05) is 0 Å². The van der Waals surface area contributed by atoms with Gasteiger partial charge in [0, 0.05) is 13.5 Å². The lowest BCUT2D eigenvalue weighted by molar-refractivity contribution is -0.152.